The molecule has 0 bridgehead atoms. The Labute approximate surface area is 91.3 Å². The minimum atomic E-state index is -0.968. The molecule has 1 aromatic rings. The van der Waals surface area contributed by atoms with Crippen molar-refractivity contribution in [2.75, 3.05) is 0 Å². The van der Waals surface area contributed by atoms with Crippen molar-refractivity contribution in [3.8, 4) is 6.07 Å². The van der Waals surface area contributed by atoms with E-state index in [0.717, 1.165) is 0 Å². The molecule has 0 spiro atoms. The van der Waals surface area contributed by atoms with Crippen LogP contribution in [0.1, 0.15) is 11.1 Å². The minimum absolute atomic E-state index is 0.169. The van der Waals surface area contributed by atoms with Gasteiger partial charge in [-0.2, -0.15) is 5.26 Å². The van der Waals surface area contributed by atoms with E-state index in [-0.39, 0.29) is 11.4 Å². The Kier molecular flexibility index (Phi) is 3.39. The van der Waals surface area contributed by atoms with Crippen LogP contribution in [0.15, 0.2) is 17.0 Å². The van der Waals surface area contributed by atoms with Gasteiger partial charge in [-0.25, -0.2) is 0 Å². The Balaban J connectivity index is 3.18. The molecule has 72 valence electrons. The van der Waals surface area contributed by atoms with Gasteiger partial charge in [0, 0.05) is 4.90 Å². The number of hydrogen-bond acceptors (Lipinski definition) is 3. The highest BCUT2D eigenvalue weighted by Crippen LogP contribution is 2.27. The van der Waals surface area contributed by atoms with Crippen molar-refractivity contribution in [1.82, 2.24) is 0 Å². The first-order chi connectivity index (χ1) is 6.56. The smallest absolute Gasteiger partial charge is 0.307 e. The maximum atomic E-state index is 10.4. The van der Waals surface area contributed by atoms with Crippen molar-refractivity contribution in [3.05, 3.63) is 28.3 Å². The Bertz CT molecular complexity index is 426. The van der Waals surface area contributed by atoms with Gasteiger partial charge in [0.2, 0.25) is 0 Å². The zero-order valence-electron chi connectivity index (χ0n) is 6.99. The van der Waals surface area contributed by atoms with Crippen molar-refractivity contribution >= 4 is 30.2 Å². The number of aliphatic carboxylic acids is 1. The SMILES string of the molecule is N#Cc1ccc(CC(=O)O)c(Cl)c1S. The highest BCUT2D eigenvalue weighted by molar-refractivity contribution is 7.80. The Morgan fingerprint density at radius 3 is 2.79 bits per heavy atom. The fourth-order valence-electron chi connectivity index (χ4n) is 0.996. The summed E-state index contributed by atoms with van der Waals surface area (Å²) in [7, 11) is 0. The van der Waals surface area contributed by atoms with E-state index in [1.165, 1.54) is 12.1 Å². The molecule has 1 N–H and O–H groups in total. The van der Waals surface area contributed by atoms with Crippen molar-refractivity contribution in [2.24, 2.45) is 0 Å². The summed E-state index contributed by atoms with van der Waals surface area (Å²) in [4.78, 5) is 10.8. The third kappa shape index (κ3) is 2.19. The van der Waals surface area contributed by atoms with Gasteiger partial charge in [-0.05, 0) is 11.6 Å². The van der Waals surface area contributed by atoms with Crippen LogP contribution >= 0.6 is 24.2 Å². The highest BCUT2D eigenvalue weighted by Gasteiger charge is 2.10. The maximum Gasteiger partial charge on any atom is 0.307 e. The number of nitrogens with zero attached hydrogens (tertiary/aromatic N) is 1. The number of carboxylic acid groups (broad SMARTS) is 1. The zero-order chi connectivity index (χ0) is 10.7. The van der Waals surface area contributed by atoms with Gasteiger partial charge in [0.15, 0.2) is 0 Å². The van der Waals surface area contributed by atoms with Gasteiger partial charge in [0.1, 0.15) is 6.07 Å². The number of hydrogen-bond donors (Lipinski definition) is 2. The summed E-state index contributed by atoms with van der Waals surface area (Å²) < 4.78 is 0. The number of carboxylic acids is 1. The molecule has 0 saturated carbocycles. The van der Waals surface area contributed by atoms with Crippen LogP contribution in [0.25, 0.3) is 0 Å². The van der Waals surface area contributed by atoms with Gasteiger partial charge < -0.3 is 5.11 Å². The predicted octanol–water partition coefficient (Wildman–Crippen LogP) is 2.13. The van der Waals surface area contributed by atoms with Gasteiger partial charge in [-0.15, -0.1) is 12.6 Å². The summed E-state index contributed by atoms with van der Waals surface area (Å²) in [6.45, 7) is 0. The summed E-state index contributed by atoms with van der Waals surface area (Å²) in [5, 5.41) is 17.4. The lowest BCUT2D eigenvalue weighted by atomic mass is 10.1. The van der Waals surface area contributed by atoms with Gasteiger partial charge in [0.25, 0.3) is 0 Å². The summed E-state index contributed by atoms with van der Waals surface area (Å²) >= 11 is 9.87. The number of rotatable bonds is 2. The molecule has 1 aromatic carbocycles. The molecule has 0 heterocycles. The normalized spacial score (nSPS) is 9.50. The third-order valence-electron chi connectivity index (χ3n) is 1.66. The van der Waals surface area contributed by atoms with Crippen molar-refractivity contribution in [3.63, 3.8) is 0 Å². The number of benzene rings is 1. The molecule has 0 saturated heterocycles. The first kappa shape index (κ1) is 10.9. The summed E-state index contributed by atoms with van der Waals surface area (Å²) in [5.74, 6) is -0.968. The lowest BCUT2D eigenvalue weighted by molar-refractivity contribution is -0.136. The third-order valence-corrected chi connectivity index (χ3v) is 2.69. The molecule has 0 aromatic heterocycles. The molecule has 0 aliphatic rings. The molecule has 0 fully saturated rings. The lowest BCUT2D eigenvalue weighted by Gasteiger charge is -2.04. The van der Waals surface area contributed by atoms with E-state index in [2.05, 4.69) is 12.6 Å². The van der Waals surface area contributed by atoms with Crippen molar-refractivity contribution in [2.45, 2.75) is 11.3 Å². The molecule has 0 aliphatic heterocycles. The van der Waals surface area contributed by atoms with Gasteiger partial charge >= 0.3 is 5.97 Å². The van der Waals surface area contributed by atoms with Crippen LogP contribution in [0.3, 0.4) is 0 Å². The molecule has 0 atom stereocenters. The Hall–Kier alpha value is -1.18. The largest absolute Gasteiger partial charge is 0.481 e. The van der Waals surface area contributed by atoms with Crippen LogP contribution in [-0.2, 0) is 11.2 Å². The van der Waals surface area contributed by atoms with E-state index in [1.807, 2.05) is 6.07 Å². The average Bonchev–Trinajstić information content (AvgIpc) is 2.13. The van der Waals surface area contributed by atoms with Crippen LogP contribution in [0.5, 0.6) is 0 Å². The first-order valence-electron chi connectivity index (χ1n) is 3.68. The molecular formula is C9H6ClNO2S. The van der Waals surface area contributed by atoms with Gasteiger partial charge in [-0.3, -0.25) is 4.79 Å². The van der Waals surface area contributed by atoms with E-state index in [0.29, 0.717) is 16.0 Å². The van der Waals surface area contributed by atoms with Crippen LogP contribution in [0.4, 0.5) is 0 Å². The maximum absolute atomic E-state index is 10.4. The number of nitriles is 1. The molecule has 14 heavy (non-hydrogen) atoms. The van der Waals surface area contributed by atoms with E-state index in [9.17, 15) is 4.79 Å². The monoisotopic (exact) mass is 227 g/mol. The highest BCUT2D eigenvalue weighted by atomic mass is 35.5. The second-order valence-corrected chi connectivity index (χ2v) is 3.44. The molecular weight excluding hydrogens is 222 g/mol. The molecule has 3 nitrogen and oxygen atoms in total. The fraction of sp³-hybridized carbons (Fsp3) is 0.111. The molecule has 0 aliphatic carbocycles. The van der Waals surface area contributed by atoms with Gasteiger partial charge in [0.05, 0.1) is 17.0 Å². The van der Waals surface area contributed by atoms with Crippen LogP contribution in [-0.4, -0.2) is 11.1 Å². The second-order valence-electron chi connectivity index (χ2n) is 2.62. The first-order valence-corrected chi connectivity index (χ1v) is 4.51. The lowest BCUT2D eigenvalue weighted by Crippen LogP contribution is -2.01. The molecule has 0 unspecified atom stereocenters. The topological polar surface area (TPSA) is 61.1 Å². The molecule has 0 amide bonds. The summed E-state index contributed by atoms with van der Waals surface area (Å²) in [6.07, 6.45) is -0.169. The van der Waals surface area contributed by atoms with E-state index in [4.69, 9.17) is 22.0 Å². The van der Waals surface area contributed by atoms with Crippen LogP contribution < -0.4 is 0 Å². The molecule has 1 rings (SSSR count). The Morgan fingerprint density at radius 1 is 1.64 bits per heavy atom. The minimum Gasteiger partial charge on any atom is -0.481 e. The van der Waals surface area contributed by atoms with Crippen molar-refractivity contribution in [1.29, 1.82) is 5.26 Å². The summed E-state index contributed by atoms with van der Waals surface area (Å²) in [6, 6.07) is 4.94. The quantitative estimate of drug-likeness (QED) is 0.761. The van der Waals surface area contributed by atoms with Gasteiger partial charge in [-0.1, -0.05) is 17.7 Å². The van der Waals surface area contributed by atoms with Crippen LogP contribution in [0.2, 0.25) is 5.02 Å². The predicted molar refractivity (Wildman–Crippen MR) is 54.8 cm³/mol. The standard InChI is InChI=1S/C9H6ClNO2S/c10-8-5(3-7(12)13)1-2-6(4-11)9(8)14/h1-2,14H,3H2,(H,12,13). The second kappa shape index (κ2) is 4.36. The van der Waals surface area contributed by atoms with E-state index < -0.39 is 5.97 Å². The number of halogens is 1. The van der Waals surface area contributed by atoms with E-state index >= 15 is 0 Å². The van der Waals surface area contributed by atoms with E-state index in [1.54, 1.807) is 0 Å². The average molecular weight is 228 g/mol. The fourth-order valence-corrected chi connectivity index (χ4v) is 1.50. The van der Waals surface area contributed by atoms with Crippen LogP contribution in [0, 0.1) is 11.3 Å². The summed E-state index contributed by atoms with van der Waals surface area (Å²) in [5.41, 5.74) is 0.802. The molecule has 5 heteroatoms. The van der Waals surface area contributed by atoms with Crippen molar-refractivity contribution < 1.29 is 9.90 Å². The molecule has 0 radical (unpaired) electrons. The number of carbonyl (C=O) groups is 1. The Morgan fingerprint density at radius 2 is 2.29 bits per heavy atom. The number of thiol groups is 1. The zero-order valence-corrected chi connectivity index (χ0v) is 8.64.